The van der Waals surface area contributed by atoms with Gasteiger partial charge in [-0.3, -0.25) is 4.99 Å². The summed E-state index contributed by atoms with van der Waals surface area (Å²) < 4.78 is 4.67. The van der Waals surface area contributed by atoms with Gasteiger partial charge < -0.3 is 9.13 Å². The second-order valence-corrected chi connectivity index (χ2v) is 15.1. The minimum Gasteiger partial charge on any atom is -0.317 e. The van der Waals surface area contributed by atoms with Crippen LogP contribution >= 0.6 is 0 Å². The van der Waals surface area contributed by atoms with Crippen LogP contribution < -0.4 is 0 Å². The van der Waals surface area contributed by atoms with Gasteiger partial charge in [0.15, 0.2) is 11.7 Å². The molecule has 2 aromatic heterocycles. The molecular weight excluding hydrogens is 791 g/mol. The standard InChI is InChI=1S/C47H35N5.C8H12.C3H6.C2H6/c1-32-28-35(47(49-31-33-14-6-3-7-15-33)50-46(48-2)34-16-8-4-9-17-34)30-37(29-32)51-27-26-40-38-22-23-42-39-20-12-13-21-44(39)52(36-18-10-5-11-19-36)45(42)41(38)24-25-43(40)51;1-4-6-7-8(3)5-2;1-3-2;1-2/h3-30H,2,31H2,1H3;4-7H,1H2,2-3H3;3H,1H2,2H3;1-2H3/b;7-6-,8-5-;;. The molecule has 0 amide bonds. The highest BCUT2D eigenvalue weighted by atomic mass is 15.0. The average molecular weight is 850 g/mol. The first-order chi connectivity index (χ1) is 31.9. The van der Waals surface area contributed by atoms with Crippen LogP contribution in [0.2, 0.25) is 0 Å². The molecule has 5 nitrogen and oxygen atoms in total. The number of allylic oxidation sites excluding steroid dienone is 6. The predicted octanol–water partition coefficient (Wildman–Crippen LogP) is 16.2. The van der Waals surface area contributed by atoms with Crippen molar-refractivity contribution in [3.8, 4) is 11.4 Å². The Bertz CT molecular complexity index is 3160. The Morgan fingerprint density at radius 2 is 1.20 bits per heavy atom. The first-order valence-electron chi connectivity index (χ1n) is 22.2. The second-order valence-electron chi connectivity index (χ2n) is 15.1. The van der Waals surface area contributed by atoms with Crippen LogP contribution in [0.4, 0.5) is 0 Å². The van der Waals surface area contributed by atoms with Gasteiger partial charge in [0.25, 0.3) is 0 Å². The van der Waals surface area contributed by atoms with E-state index in [4.69, 9.17) is 9.98 Å². The van der Waals surface area contributed by atoms with Crippen molar-refractivity contribution in [1.29, 1.82) is 0 Å². The van der Waals surface area contributed by atoms with Crippen molar-refractivity contribution in [1.82, 2.24) is 9.13 Å². The molecule has 2 heterocycles. The molecule has 65 heavy (non-hydrogen) atoms. The third kappa shape index (κ3) is 10.8. The second kappa shape index (κ2) is 23.0. The molecule has 9 aromatic rings. The average Bonchev–Trinajstić information content (AvgIpc) is 3.95. The number of rotatable bonds is 8. The Labute approximate surface area is 385 Å². The van der Waals surface area contributed by atoms with Gasteiger partial charge in [0.1, 0.15) is 0 Å². The highest BCUT2D eigenvalue weighted by Gasteiger charge is 2.17. The van der Waals surface area contributed by atoms with Crippen molar-refractivity contribution < 1.29 is 0 Å². The Morgan fingerprint density at radius 3 is 1.88 bits per heavy atom. The van der Waals surface area contributed by atoms with Crippen LogP contribution in [0, 0.1) is 6.92 Å². The van der Waals surface area contributed by atoms with E-state index >= 15 is 0 Å². The number of para-hydroxylation sites is 2. The van der Waals surface area contributed by atoms with Crippen molar-refractivity contribution in [2.24, 2.45) is 15.0 Å². The topological polar surface area (TPSA) is 46.9 Å². The lowest BCUT2D eigenvalue weighted by atomic mass is 10.0. The zero-order valence-corrected chi connectivity index (χ0v) is 38.6. The fraction of sp³-hybridized carbons (Fsp3) is 0.117. The molecule has 5 heteroatoms. The molecule has 0 radical (unpaired) electrons. The third-order valence-electron chi connectivity index (χ3n) is 10.7. The Morgan fingerprint density at radius 1 is 0.600 bits per heavy atom. The van der Waals surface area contributed by atoms with Gasteiger partial charge in [-0.1, -0.05) is 172 Å². The third-order valence-corrected chi connectivity index (χ3v) is 10.7. The summed E-state index contributed by atoms with van der Waals surface area (Å²) in [5.41, 5.74) is 11.1. The normalized spacial score (nSPS) is 11.7. The number of aliphatic imine (C=N–C) groups is 3. The molecule has 0 N–H and O–H groups in total. The number of fused-ring (bicyclic) bond motifs is 7. The summed E-state index contributed by atoms with van der Waals surface area (Å²) in [5.74, 6) is 1.14. The number of benzene rings is 7. The fourth-order valence-electron chi connectivity index (χ4n) is 7.73. The molecule has 0 atom stereocenters. The molecule has 7 aromatic carbocycles. The Kier molecular flexibility index (Phi) is 16.5. The van der Waals surface area contributed by atoms with Gasteiger partial charge in [0.2, 0.25) is 0 Å². The molecule has 0 aliphatic heterocycles. The number of aryl methyl sites for hydroxylation is 1. The summed E-state index contributed by atoms with van der Waals surface area (Å²) in [6.45, 7) is 23.3. The molecule has 324 valence electrons. The van der Waals surface area contributed by atoms with Crippen molar-refractivity contribution in [3.05, 3.63) is 241 Å². The van der Waals surface area contributed by atoms with Crippen LogP contribution in [0.25, 0.3) is 54.9 Å². The van der Waals surface area contributed by atoms with Gasteiger partial charge >= 0.3 is 0 Å². The van der Waals surface area contributed by atoms with Crippen molar-refractivity contribution in [2.45, 2.75) is 48.1 Å². The largest absolute Gasteiger partial charge is 0.317 e. The molecule has 0 saturated heterocycles. The van der Waals surface area contributed by atoms with E-state index in [9.17, 15) is 0 Å². The zero-order valence-electron chi connectivity index (χ0n) is 38.6. The van der Waals surface area contributed by atoms with Crippen LogP contribution in [0.5, 0.6) is 0 Å². The lowest BCUT2D eigenvalue weighted by Gasteiger charge is -2.13. The van der Waals surface area contributed by atoms with Crippen LogP contribution in [0.15, 0.2) is 234 Å². The van der Waals surface area contributed by atoms with Crippen molar-refractivity contribution in [2.75, 3.05) is 0 Å². The van der Waals surface area contributed by atoms with Crippen LogP contribution in [-0.4, -0.2) is 27.5 Å². The molecule has 0 unspecified atom stereocenters. The highest BCUT2D eigenvalue weighted by molar-refractivity contribution is 6.23. The maximum absolute atomic E-state index is 5.05. The van der Waals surface area contributed by atoms with Crippen LogP contribution in [-0.2, 0) is 6.54 Å². The number of hydrogen-bond acceptors (Lipinski definition) is 1. The molecule has 0 aliphatic carbocycles. The van der Waals surface area contributed by atoms with Crippen LogP contribution in [0.1, 0.15) is 56.9 Å². The number of nitrogens with zero attached hydrogens (tertiary/aromatic N) is 5. The Balaban J connectivity index is 0.000000479. The minimum atomic E-state index is 0.495. The van der Waals surface area contributed by atoms with Crippen molar-refractivity contribution in [3.63, 3.8) is 0 Å². The first kappa shape index (κ1) is 46.6. The van der Waals surface area contributed by atoms with Gasteiger partial charge in [-0.2, -0.15) is 0 Å². The maximum atomic E-state index is 5.05. The summed E-state index contributed by atoms with van der Waals surface area (Å²) in [7, 11) is 0. The fourth-order valence-corrected chi connectivity index (χ4v) is 7.73. The quantitative estimate of drug-likeness (QED) is 0.0633. The summed E-state index contributed by atoms with van der Waals surface area (Å²) >= 11 is 0. The van der Waals surface area contributed by atoms with E-state index < -0.39 is 0 Å². The molecule has 0 aliphatic rings. The van der Waals surface area contributed by atoms with Crippen LogP contribution in [0.3, 0.4) is 0 Å². The number of aromatic nitrogens is 2. The van der Waals surface area contributed by atoms with E-state index in [2.05, 4.69) is 175 Å². The van der Waals surface area contributed by atoms with E-state index in [0.29, 0.717) is 18.2 Å². The zero-order chi connectivity index (χ0) is 46.1. The number of hydrogen-bond donors (Lipinski definition) is 0. The maximum Gasteiger partial charge on any atom is 0.161 e. The van der Waals surface area contributed by atoms with Gasteiger partial charge in [-0.15, -0.1) is 6.58 Å². The van der Waals surface area contributed by atoms with Crippen molar-refractivity contribution >= 4 is 61.9 Å². The van der Waals surface area contributed by atoms with E-state index in [0.717, 1.165) is 39.1 Å². The first-order valence-corrected chi connectivity index (χ1v) is 22.2. The summed E-state index contributed by atoms with van der Waals surface area (Å²) in [6.07, 6.45) is 11.7. The van der Waals surface area contributed by atoms with Gasteiger partial charge in [-0.05, 0) is 99.5 Å². The van der Waals surface area contributed by atoms with E-state index in [-0.39, 0.29) is 0 Å². The molecule has 0 fully saturated rings. The van der Waals surface area contributed by atoms with Gasteiger partial charge in [-0.25, -0.2) is 9.98 Å². The molecule has 0 spiro atoms. The number of amidine groups is 2. The van der Waals surface area contributed by atoms with Gasteiger partial charge in [0.05, 0.1) is 23.1 Å². The SMILES string of the molecule is C=C/C=C\C(C)=C/C.C=CC.C=NC(=NC(=NCc1ccccc1)c1cc(C)cc(-n2ccc3c4ccc5c6ccccc6n(-c6ccccc6)c5c4ccc32)c1)c1ccccc1.CC. The van der Waals surface area contributed by atoms with E-state index in [1.54, 1.807) is 12.2 Å². The molecule has 0 bridgehead atoms. The van der Waals surface area contributed by atoms with E-state index in [1.807, 2.05) is 88.4 Å². The summed E-state index contributed by atoms with van der Waals surface area (Å²) in [5, 5.41) is 6.15. The predicted molar refractivity (Wildman–Crippen MR) is 285 cm³/mol. The minimum absolute atomic E-state index is 0.495. The lowest BCUT2D eigenvalue weighted by Crippen LogP contribution is -2.07. The summed E-state index contributed by atoms with van der Waals surface area (Å²) in [6, 6.07) is 57.4. The van der Waals surface area contributed by atoms with E-state index in [1.165, 1.54) is 43.5 Å². The highest BCUT2D eigenvalue weighted by Crippen LogP contribution is 2.39. The monoisotopic (exact) mass is 849 g/mol. The smallest absolute Gasteiger partial charge is 0.161 e. The molecular formula is C60H59N5. The molecule has 0 saturated carbocycles. The lowest BCUT2D eigenvalue weighted by molar-refractivity contribution is 1.06. The Hall–Kier alpha value is -7.89. The molecule has 9 rings (SSSR count). The van der Waals surface area contributed by atoms with Gasteiger partial charge in [0, 0.05) is 50.2 Å². The summed E-state index contributed by atoms with van der Waals surface area (Å²) in [4.78, 5) is 14.4.